The Hall–Kier alpha value is -1.06. The van der Waals surface area contributed by atoms with Crippen LogP contribution in [-0.2, 0) is 16.8 Å². The Morgan fingerprint density at radius 2 is 2.13 bits per heavy atom. The minimum absolute atomic E-state index is 0. The van der Waals surface area contributed by atoms with Crippen molar-refractivity contribution in [1.82, 2.24) is 5.32 Å². The summed E-state index contributed by atoms with van der Waals surface area (Å²) in [7, 11) is 0. The zero-order valence-electron chi connectivity index (χ0n) is 8.49. The van der Waals surface area contributed by atoms with Crippen molar-refractivity contribution in [2.75, 3.05) is 6.54 Å². The Morgan fingerprint density at radius 3 is 2.80 bits per heavy atom. The molecule has 0 spiro atoms. The second-order valence-corrected chi connectivity index (χ2v) is 3.76. The molecule has 2 N–H and O–H groups in total. The third-order valence-corrected chi connectivity index (χ3v) is 2.86. The normalized spacial score (nSPS) is 23.8. The van der Waals surface area contributed by atoms with Crippen LogP contribution in [-0.4, -0.2) is 17.6 Å². The highest BCUT2D eigenvalue weighted by Crippen LogP contribution is 2.28. The first kappa shape index (κ1) is 12.0. The maximum Gasteiger partial charge on any atom is 0.328 e. The third-order valence-electron chi connectivity index (χ3n) is 2.86. The van der Waals surface area contributed by atoms with E-state index in [1.807, 2.05) is 24.3 Å². The molecule has 1 aromatic carbocycles. The standard InChI is InChI=1S/C11H13NO2.ClH/c1-11(10(13)14)9-5-3-2-4-8(9)6-7-12-11;/h2-5,12H,6-7H2,1H3,(H,13,14);1H. The van der Waals surface area contributed by atoms with Gasteiger partial charge in [0, 0.05) is 6.54 Å². The maximum absolute atomic E-state index is 11.2. The fraction of sp³-hybridized carbons (Fsp3) is 0.364. The van der Waals surface area contributed by atoms with E-state index in [0.29, 0.717) is 0 Å². The summed E-state index contributed by atoms with van der Waals surface area (Å²) < 4.78 is 0. The van der Waals surface area contributed by atoms with Crippen LogP contribution in [0.1, 0.15) is 18.1 Å². The summed E-state index contributed by atoms with van der Waals surface area (Å²) in [4.78, 5) is 11.2. The van der Waals surface area contributed by atoms with Crippen LogP contribution in [0.25, 0.3) is 0 Å². The Balaban J connectivity index is 0.00000112. The molecule has 1 aliphatic rings. The number of hydrogen-bond donors (Lipinski definition) is 2. The van der Waals surface area contributed by atoms with Gasteiger partial charge in [-0.2, -0.15) is 0 Å². The summed E-state index contributed by atoms with van der Waals surface area (Å²) in [5, 5.41) is 12.2. The topological polar surface area (TPSA) is 49.3 Å². The van der Waals surface area contributed by atoms with Crippen LogP contribution in [0.5, 0.6) is 0 Å². The number of fused-ring (bicyclic) bond motifs is 1. The molecule has 0 bridgehead atoms. The second kappa shape index (κ2) is 4.21. The molecule has 0 saturated carbocycles. The van der Waals surface area contributed by atoms with Crippen molar-refractivity contribution >= 4 is 18.4 Å². The number of halogens is 1. The zero-order chi connectivity index (χ0) is 10.2. The molecule has 82 valence electrons. The molecule has 1 aromatic rings. The SMILES string of the molecule is CC1(C(=O)O)NCCc2ccccc21.Cl. The molecule has 0 aliphatic carbocycles. The van der Waals surface area contributed by atoms with Crippen molar-refractivity contribution in [3.63, 3.8) is 0 Å². The highest BCUT2D eigenvalue weighted by Gasteiger charge is 2.38. The molecule has 3 nitrogen and oxygen atoms in total. The van der Waals surface area contributed by atoms with E-state index in [9.17, 15) is 9.90 Å². The van der Waals surface area contributed by atoms with E-state index in [0.717, 1.165) is 24.1 Å². The van der Waals surface area contributed by atoms with Crippen LogP contribution in [0.4, 0.5) is 0 Å². The zero-order valence-corrected chi connectivity index (χ0v) is 9.30. The van der Waals surface area contributed by atoms with Crippen molar-refractivity contribution in [2.24, 2.45) is 0 Å². The highest BCUT2D eigenvalue weighted by atomic mass is 35.5. The number of rotatable bonds is 1. The molecule has 2 rings (SSSR count). The average molecular weight is 228 g/mol. The van der Waals surface area contributed by atoms with E-state index in [-0.39, 0.29) is 12.4 Å². The second-order valence-electron chi connectivity index (χ2n) is 3.76. The number of carboxylic acids is 1. The van der Waals surface area contributed by atoms with Crippen LogP contribution in [0.3, 0.4) is 0 Å². The summed E-state index contributed by atoms with van der Waals surface area (Å²) in [6.07, 6.45) is 0.902. The van der Waals surface area contributed by atoms with Gasteiger partial charge < -0.3 is 5.11 Å². The van der Waals surface area contributed by atoms with Gasteiger partial charge in [-0.25, -0.2) is 4.79 Å². The third kappa shape index (κ3) is 1.85. The van der Waals surface area contributed by atoms with Crippen LogP contribution in [0.2, 0.25) is 0 Å². The Morgan fingerprint density at radius 1 is 1.47 bits per heavy atom. The fourth-order valence-electron chi connectivity index (χ4n) is 1.96. The molecule has 1 heterocycles. The number of hydrogen-bond acceptors (Lipinski definition) is 2. The lowest BCUT2D eigenvalue weighted by Crippen LogP contribution is -2.50. The number of carboxylic acid groups (broad SMARTS) is 1. The molecular weight excluding hydrogens is 214 g/mol. The quantitative estimate of drug-likeness (QED) is 0.766. The van der Waals surface area contributed by atoms with E-state index in [1.165, 1.54) is 0 Å². The van der Waals surface area contributed by atoms with E-state index in [4.69, 9.17) is 0 Å². The Bertz CT molecular complexity index is 381. The molecule has 0 fully saturated rings. The van der Waals surface area contributed by atoms with Gasteiger partial charge in [-0.1, -0.05) is 24.3 Å². The average Bonchev–Trinajstić information content (AvgIpc) is 2.18. The lowest BCUT2D eigenvalue weighted by molar-refractivity contribution is -0.144. The van der Waals surface area contributed by atoms with Gasteiger partial charge in [0.05, 0.1) is 0 Å². The van der Waals surface area contributed by atoms with Crippen LogP contribution < -0.4 is 5.32 Å². The molecule has 1 aliphatic heterocycles. The summed E-state index contributed by atoms with van der Waals surface area (Å²) >= 11 is 0. The monoisotopic (exact) mass is 227 g/mol. The smallest absolute Gasteiger partial charge is 0.328 e. The number of nitrogens with one attached hydrogen (secondary N) is 1. The van der Waals surface area contributed by atoms with Crippen molar-refractivity contribution < 1.29 is 9.90 Å². The molecule has 0 amide bonds. The first-order valence-corrected chi connectivity index (χ1v) is 4.71. The van der Waals surface area contributed by atoms with Gasteiger partial charge in [0.2, 0.25) is 0 Å². The van der Waals surface area contributed by atoms with E-state index in [1.54, 1.807) is 6.92 Å². The minimum Gasteiger partial charge on any atom is -0.480 e. The van der Waals surface area contributed by atoms with Gasteiger partial charge in [-0.05, 0) is 24.5 Å². The minimum atomic E-state index is -0.922. The number of carbonyl (C=O) groups is 1. The molecular formula is C11H14ClNO2. The predicted molar refractivity (Wildman–Crippen MR) is 60.4 cm³/mol. The molecule has 1 unspecified atom stereocenters. The Labute approximate surface area is 94.9 Å². The molecule has 15 heavy (non-hydrogen) atoms. The number of benzene rings is 1. The molecule has 0 aromatic heterocycles. The molecule has 0 saturated heterocycles. The molecule has 1 atom stereocenters. The van der Waals surface area contributed by atoms with Gasteiger partial charge in [-0.3, -0.25) is 5.32 Å². The summed E-state index contributed by atoms with van der Waals surface area (Å²) in [6, 6.07) is 7.71. The number of aliphatic carboxylic acids is 1. The van der Waals surface area contributed by atoms with Crippen molar-refractivity contribution in [1.29, 1.82) is 0 Å². The van der Waals surface area contributed by atoms with Crippen molar-refractivity contribution in [2.45, 2.75) is 18.9 Å². The maximum atomic E-state index is 11.2. The van der Waals surface area contributed by atoms with E-state index in [2.05, 4.69) is 5.32 Å². The predicted octanol–water partition coefficient (Wildman–Crippen LogP) is 1.55. The summed E-state index contributed by atoms with van der Waals surface area (Å²) in [5.74, 6) is -0.815. The lowest BCUT2D eigenvalue weighted by Gasteiger charge is -2.33. The van der Waals surface area contributed by atoms with Crippen LogP contribution >= 0.6 is 12.4 Å². The largest absolute Gasteiger partial charge is 0.480 e. The first-order valence-electron chi connectivity index (χ1n) is 4.71. The van der Waals surface area contributed by atoms with Gasteiger partial charge in [0.15, 0.2) is 0 Å². The fourth-order valence-corrected chi connectivity index (χ4v) is 1.96. The van der Waals surface area contributed by atoms with Gasteiger partial charge in [0.1, 0.15) is 5.54 Å². The van der Waals surface area contributed by atoms with Gasteiger partial charge in [0.25, 0.3) is 0 Å². The van der Waals surface area contributed by atoms with Crippen molar-refractivity contribution in [3.8, 4) is 0 Å². The van der Waals surface area contributed by atoms with Crippen LogP contribution in [0.15, 0.2) is 24.3 Å². The van der Waals surface area contributed by atoms with E-state index < -0.39 is 11.5 Å². The van der Waals surface area contributed by atoms with E-state index >= 15 is 0 Å². The summed E-state index contributed by atoms with van der Waals surface area (Å²) in [5.41, 5.74) is 1.10. The molecule has 4 heteroatoms. The van der Waals surface area contributed by atoms with Gasteiger partial charge >= 0.3 is 5.97 Å². The van der Waals surface area contributed by atoms with Crippen molar-refractivity contribution in [3.05, 3.63) is 35.4 Å². The summed E-state index contributed by atoms with van der Waals surface area (Å²) in [6.45, 7) is 2.44. The van der Waals surface area contributed by atoms with Gasteiger partial charge in [-0.15, -0.1) is 12.4 Å². The Kier molecular flexibility index (Phi) is 3.37. The molecule has 0 radical (unpaired) electrons. The first-order chi connectivity index (χ1) is 6.64. The lowest BCUT2D eigenvalue weighted by atomic mass is 9.84. The highest BCUT2D eigenvalue weighted by molar-refractivity contribution is 5.85. The van der Waals surface area contributed by atoms with Crippen LogP contribution in [0, 0.1) is 0 Å².